The summed E-state index contributed by atoms with van der Waals surface area (Å²) in [4.78, 5) is 15.3. The highest BCUT2D eigenvalue weighted by Crippen LogP contribution is 2.20. The minimum atomic E-state index is -0.757. The Kier molecular flexibility index (Phi) is 6.85. The maximum Gasteiger partial charge on any atom is 0.317 e. The molecular weight excluding hydrogens is 340 g/mol. The van der Waals surface area contributed by atoms with Crippen molar-refractivity contribution in [3.63, 3.8) is 0 Å². The molecule has 2 aromatic rings. The molecule has 1 saturated heterocycles. The Morgan fingerprint density at radius 3 is 2.52 bits per heavy atom. The quantitative estimate of drug-likeness (QED) is 0.775. The van der Waals surface area contributed by atoms with Gasteiger partial charge in [0.2, 0.25) is 0 Å². The van der Waals surface area contributed by atoms with Crippen LogP contribution in [0.1, 0.15) is 24.0 Å². The van der Waals surface area contributed by atoms with Crippen LogP contribution in [0.3, 0.4) is 0 Å². The van der Waals surface area contributed by atoms with Gasteiger partial charge in [0.25, 0.3) is 0 Å². The van der Waals surface area contributed by atoms with Gasteiger partial charge in [-0.15, -0.1) is 0 Å². The number of carboxylic acid groups (broad SMARTS) is 1. The highest BCUT2D eigenvalue weighted by atomic mass is 16.5. The number of rotatable bonds is 8. The van der Waals surface area contributed by atoms with Gasteiger partial charge in [0.05, 0.1) is 6.54 Å². The molecule has 0 aliphatic carbocycles. The third kappa shape index (κ3) is 6.08. The first-order valence-corrected chi connectivity index (χ1v) is 9.50. The first kappa shape index (κ1) is 19.4. The number of aliphatic carboxylic acids is 1. The van der Waals surface area contributed by atoms with Crippen molar-refractivity contribution in [2.45, 2.75) is 32.0 Å². The molecule has 144 valence electrons. The largest absolute Gasteiger partial charge is 0.489 e. The van der Waals surface area contributed by atoms with Crippen molar-refractivity contribution < 1.29 is 14.6 Å². The van der Waals surface area contributed by atoms with Gasteiger partial charge < -0.3 is 9.84 Å². The lowest BCUT2D eigenvalue weighted by molar-refractivity contribution is -0.138. The van der Waals surface area contributed by atoms with Crippen molar-refractivity contribution in [3.05, 3.63) is 65.7 Å². The lowest BCUT2D eigenvalue weighted by Crippen LogP contribution is -2.44. The highest BCUT2D eigenvalue weighted by Gasteiger charge is 2.23. The average Bonchev–Trinajstić information content (AvgIpc) is 2.67. The summed E-state index contributed by atoms with van der Waals surface area (Å²) in [7, 11) is 1.90. The average molecular weight is 368 g/mol. The summed E-state index contributed by atoms with van der Waals surface area (Å²) in [5, 5.41) is 8.94. The van der Waals surface area contributed by atoms with Crippen LogP contribution in [0.2, 0.25) is 0 Å². The van der Waals surface area contributed by atoms with Gasteiger partial charge in [-0.25, -0.2) is 0 Å². The molecular formula is C22H28N2O3. The van der Waals surface area contributed by atoms with Gasteiger partial charge in [0, 0.05) is 12.6 Å². The van der Waals surface area contributed by atoms with E-state index in [0.29, 0.717) is 12.6 Å². The second kappa shape index (κ2) is 9.53. The number of carbonyl (C=O) groups is 1. The van der Waals surface area contributed by atoms with Gasteiger partial charge in [-0.2, -0.15) is 0 Å². The Balaban J connectivity index is 1.48. The molecule has 0 amide bonds. The van der Waals surface area contributed by atoms with E-state index in [2.05, 4.69) is 29.2 Å². The maximum absolute atomic E-state index is 10.9. The van der Waals surface area contributed by atoms with Crippen LogP contribution in [0.4, 0.5) is 0 Å². The van der Waals surface area contributed by atoms with Gasteiger partial charge >= 0.3 is 5.97 Å². The molecule has 1 fully saturated rings. The minimum absolute atomic E-state index is 0.117. The van der Waals surface area contributed by atoms with E-state index >= 15 is 0 Å². The Bertz CT molecular complexity index is 727. The predicted octanol–water partition coefficient (Wildman–Crippen LogP) is 3.25. The van der Waals surface area contributed by atoms with Gasteiger partial charge in [-0.05, 0) is 56.2 Å². The minimum Gasteiger partial charge on any atom is -0.489 e. The Morgan fingerprint density at radius 2 is 1.81 bits per heavy atom. The molecule has 0 saturated carbocycles. The summed E-state index contributed by atoms with van der Waals surface area (Å²) in [5.74, 6) is 0.139. The SMILES string of the molecule is CN(CC(=O)O)C1CCN(Cc2cccc(OCc3ccccc3)c2)CC1. The summed E-state index contributed by atoms with van der Waals surface area (Å²) in [5.41, 5.74) is 2.41. The standard InChI is InChI=1S/C22H28N2O3/c1-23(16-22(25)26)20-10-12-24(13-11-20)15-19-8-5-9-21(14-19)27-17-18-6-3-2-4-7-18/h2-9,14,20H,10-13,15-17H2,1H3,(H,25,26). The Hall–Kier alpha value is -2.37. The lowest BCUT2D eigenvalue weighted by atomic mass is 10.0. The highest BCUT2D eigenvalue weighted by molar-refractivity contribution is 5.69. The van der Waals surface area contributed by atoms with E-state index in [1.807, 2.05) is 42.3 Å². The molecule has 0 atom stereocenters. The van der Waals surface area contributed by atoms with Crippen molar-refractivity contribution in [2.24, 2.45) is 0 Å². The third-order valence-corrected chi connectivity index (χ3v) is 5.12. The molecule has 5 nitrogen and oxygen atoms in total. The molecule has 3 rings (SSSR count). The van der Waals surface area contributed by atoms with Crippen molar-refractivity contribution in [2.75, 3.05) is 26.7 Å². The number of likely N-dealkylation sites (N-methyl/N-ethyl adjacent to an activating group) is 1. The fraction of sp³-hybridized carbons (Fsp3) is 0.409. The molecule has 0 spiro atoms. The lowest BCUT2D eigenvalue weighted by Gasteiger charge is -2.36. The summed E-state index contributed by atoms with van der Waals surface area (Å²) >= 11 is 0. The normalized spacial score (nSPS) is 15.8. The molecule has 1 N–H and O–H groups in total. The molecule has 1 heterocycles. The molecule has 0 unspecified atom stereocenters. The van der Waals surface area contributed by atoms with E-state index in [9.17, 15) is 4.79 Å². The first-order valence-electron chi connectivity index (χ1n) is 9.50. The van der Waals surface area contributed by atoms with Crippen molar-refractivity contribution >= 4 is 5.97 Å². The van der Waals surface area contributed by atoms with Crippen molar-refractivity contribution in [1.29, 1.82) is 0 Å². The zero-order valence-electron chi connectivity index (χ0n) is 15.9. The van der Waals surface area contributed by atoms with E-state index in [1.165, 1.54) is 5.56 Å². The monoisotopic (exact) mass is 368 g/mol. The van der Waals surface area contributed by atoms with Crippen LogP contribution < -0.4 is 4.74 Å². The second-order valence-electron chi connectivity index (χ2n) is 7.24. The van der Waals surface area contributed by atoms with Crippen LogP contribution in [0, 0.1) is 0 Å². The number of hydrogen-bond donors (Lipinski definition) is 1. The molecule has 5 heteroatoms. The summed E-state index contributed by atoms with van der Waals surface area (Å²) in [6, 6.07) is 18.8. The van der Waals surface area contributed by atoms with E-state index in [4.69, 9.17) is 9.84 Å². The second-order valence-corrected chi connectivity index (χ2v) is 7.24. The molecule has 1 aliphatic rings. The number of nitrogens with zero attached hydrogens (tertiary/aromatic N) is 2. The van der Waals surface area contributed by atoms with Crippen LogP contribution in [-0.4, -0.2) is 53.6 Å². The van der Waals surface area contributed by atoms with E-state index < -0.39 is 5.97 Å². The predicted molar refractivity (Wildman–Crippen MR) is 106 cm³/mol. The fourth-order valence-electron chi connectivity index (χ4n) is 3.59. The smallest absolute Gasteiger partial charge is 0.317 e. The van der Waals surface area contributed by atoms with Gasteiger partial charge in [-0.1, -0.05) is 42.5 Å². The number of ether oxygens (including phenoxy) is 1. The van der Waals surface area contributed by atoms with E-state index in [0.717, 1.165) is 43.8 Å². The number of likely N-dealkylation sites (tertiary alicyclic amines) is 1. The van der Waals surface area contributed by atoms with Crippen LogP contribution in [0.5, 0.6) is 5.75 Å². The van der Waals surface area contributed by atoms with Gasteiger partial charge in [-0.3, -0.25) is 14.6 Å². The Labute approximate surface area is 161 Å². The van der Waals surface area contributed by atoms with Crippen molar-refractivity contribution in [1.82, 2.24) is 9.80 Å². The van der Waals surface area contributed by atoms with Crippen LogP contribution >= 0.6 is 0 Å². The summed E-state index contributed by atoms with van der Waals surface area (Å²) < 4.78 is 5.93. The van der Waals surface area contributed by atoms with Crippen molar-refractivity contribution in [3.8, 4) is 5.75 Å². The van der Waals surface area contributed by atoms with Gasteiger partial charge in [0.15, 0.2) is 0 Å². The molecule has 0 radical (unpaired) electrons. The fourth-order valence-corrected chi connectivity index (χ4v) is 3.59. The maximum atomic E-state index is 10.9. The number of piperidine rings is 1. The molecule has 0 aromatic heterocycles. The Morgan fingerprint density at radius 1 is 1.11 bits per heavy atom. The number of carboxylic acids is 1. The zero-order valence-corrected chi connectivity index (χ0v) is 15.9. The summed E-state index contributed by atoms with van der Waals surface area (Å²) in [6.45, 7) is 3.57. The number of benzene rings is 2. The van der Waals surface area contributed by atoms with Crippen LogP contribution in [0.15, 0.2) is 54.6 Å². The first-order chi connectivity index (χ1) is 13.1. The topological polar surface area (TPSA) is 53.0 Å². The zero-order chi connectivity index (χ0) is 19.1. The van der Waals surface area contributed by atoms with Gasteiger partial charge in [0.1, 0.15) is 12.4 Å². The molecule has 27 heavy (non-hydrogen) atoms. The van der Waals surface area contributed by atoms with Crippen LogP contribution in [0.25, 0.3) is 0 Å². The van der Waals surface area contributed by atoms with E-state index in [1.54, 1.807) is 0 Å². The third-order valence-electron chi connectivity index (χ3n) is 5.12. The molecule has 0 bridgehead atoms. The molecule has 2 aromatic carbocycles. The van der Waals surface area contributed by atoms with E-state index in [-0.39, 0.29) is 6.54 Å². The molecule has 1 aliphatic heterocycles. The summed E-state index contributed by atoms with van der Waals surface area (Å²) in [6.07, 6.45) is 2.02. The van der Waals surface area contributed by atoms with Crippen LogP contribution in [-0.2, 0) is 17.9 Å². The number of hydrogen-bond acceptors (Lipinski definition) is 4.